The van der Waals surface area contributed by atoms with Crippen molar-refractivity contribution in [1.82, 2.24) is 0 Å². The van der Waals surface area contributed by atoms with Crippen molar-refractivity contribution in [3.8, 4) is 0 Å². The summed E-state index contributed by atoms with van der Waals surface area (Å²) in [6, 6.07) is 6.69. The second kappa shape index (κ2) is 5.79. The molecule has 0 saturated heterocycles. The molecule has 16 heavy (non-hydrogen) atoms. The average molecular weight is 241 g/mol. The van der Waals surface area contributed by atoms with Gasteiger partial charge in [-0.1, -0.05) is 24.3 Å². The Morgan fingerprint density at radius 3 is 2.69 bits per heavy atom. The molecule has 0 fully saturated rings. The molecule has 0 aliphatic rings. The van der Waals surface area contributed by atoms with Crippen LogP contribution < -0.4 is 5.73 Å². The van der Waals surface area contributed by atoms with Crippen LogP contribution in [0.2, 0.25) is 0 Å². The van der Waals surface area contributed by atoms with Gasteiger partial charge in [-0.15, -0.1) is 6.58 Å². The molecular weight excluding hydrogens is 226 g/mol. The lowest BCUT2D eigenvalue weighted by molar-refractivity contribution is 0.327. The molecule has 1 aromatic carbocycles. The van der Waals surface area contributed by atoms with Crippen LogP contribution in [-0.2, 0) is 20.7 Å². The minimum Gasteiger partial charge on any atom is -0.328 e. The van der Waals surface area contributed by atoms with E-state index in [1.807, 2.05) is 0 Å². The molecule has 0 aliphatic heterocycles. The van der Waals surface area contributed by atoms with Gasteiger partial charge >= 0.3 is 0 Å². The predicted octanol–water partition coefficient (Wildman–Crippen LogP) is 1.08. The van der Waals surface area contributed by atoms with Crippen LogP contribution in [0.5, 0.6) is 0 Å². The molecule has 1 aromatic rings. The monoisotopic (exact) mass is 241 g/mol. The number of nitrogens with two attached hydrogens (primary N) is 1. The Hall–Kier alpha value is -1.17. The van der Waals surface area contributed by atoms with Gasteiger partial charge in [-0.05, 0) is 18.1 Å². The summed E-state index contributed by atoms with van der Waals surface area (Å²) in [5, 5.41) is 0. The standard InChI is InChI=1S/C11H15NO3S/c1-2-5-10-6-3-4-7-11(10)16(13,14)15-9-8-12/h2-4,6-7H,1,5,8-9,12H2. The molecule has 0 unspecified atom stereocenters. The van der Waals surface area contributed by atoms with Crippen LogP contribution in [0, 0.1) is 0 Å². The van der Waals surface area contributed by atoms with Crippen LogP contribution >= 0.6 is 0 Å². The summed E-state index contributed by atoms with van der Waals surface area (Å²) in [5.41, 5.74) is 5.88. The first-order valence-corrected chi connectivity index (χ1v) is 6.31. The molecule has 88 valence electrons. The lowest BCUT2D eigenvalue weighted by Crippen LogP contribution is -2.15. The highest BCUT2D eigenvalue weighted by Gasteiger charge is 2.17. The Labute approximate surface area is 95.9 Å². The number of benzene rings is 1. The van der Waals surface area contributed by atoms with Crippen LogP contribution in [0.15, 0.2) is 41.8 Å². The molecule has 0 saturated carbocycles. The highest BCUT2D eigenvalue weighted by atomic mass is 32.2. The maximum absolute atomic E-state index is 11.8. The van der Waals surface area contributed by atoms with Gasteiger partial charge in [0.1, 0.15) is 0 Å². The highest BCUT2D eigenvalue weighted by molar-refractivity contribution is 7.86. The van der Waals surface area contributed by atoms with E-state index in [4.69, 9.17) is 9.92 Å². The lowest BCUT2D eigenvalue weighted by atomic mass is 10.1. The van der Waals surface area contributed by atoms with Gasteiger partial charge in [0.15, 0.2) is 0 Å². The van der Waals surface area contributed by atoms with Crippen molar-refractivity contribution in [2.24, 2.45) is 5.73 Å². The van der Waals surface area contributed by atoms with Crippen LogP contribution in [0.25, 0.3) is 0 Å². The second-order valence-electron chi connectivity index (χ2n) is 3.17. The molecule has 0 radical (unpaired) electrons. The molecule has 0 atom stereocenters. The van der Waals surface area contributed by atoms with Crippen molar-refractivity contribution in [3.63, 3.8) is 0 Å². The van der Waals surface area contributed by atoms with Gasteiger partial charge in [-0.3, -0.25) is 4.18 Å². The molecule has 0 heterocycles. The van der Waals surface area contributed by atoms with Crippen LogP contribution in [0.4, 0.5) is 0 Å². The predicted molar refractivity (Wildman–Crippen MR) is 62.5 cm³/mol. The average Bonchev–Trinajstić information content (AvgIpc) is 2.27. The van der Waals surface area contributed by atoms with Crippen LogP contribution in [0.1, 0.15) is 5.56 Å². The SMILES string of the molecule is C=CCc1ccccc1S(=O)(=O)OCCN. The van der Waals surface area contributed by atoms with Crippen molar-refractivity contribution in [1.29, 1.82) is 0 Å². The minimum absolute atomic E-state index is 0.00917. The van der Waals surface area contributed by atoms with Gasteiger partial charge in [0.25, 0.3) is 10.1 Å². The van der Waals surface area contributed by atoms with Crippen LogP contribution in [0.3, 0.4) is 0 Å². The molecule has 0 spiro atoms. The summed E-state index contributed by atoms with van der Waals surface area (Å²) >= 11 is 0. The Morgan fingerprint density at radius 2 is 2.06 bits per heavy atom. The first-order chi connectivity index (χ1) is 7.61. The third kappa shape index (κ3) is 3.16. The summed E-state index contributed by atoms with van der Waals surface area (Å²) in [4.78, 5) is 0.184. The van der Waals surface area contributed by atoms with Crippen molar-refractivity contribution < 1.29 is 12.6 Å². The van der Waals surface area contributed by atoms with E-state index < -0.39 is 10.1 Å². The maximum atomic E-state index is 11.8. The maximum Gasteiger partial charge on any atom is 0.297 e. The summed E-state index contributed by atoms with van der Waals surface area (Å²) < 4.78 is 28.3. The molecule has 0 aromatic heterocycles. The molecule has 5 heteroatoms. The Balaban J connectivity index is 3.06. The summed E-state index contributed by atoms with van der Waals surface area (Å²) in [5.74, 6) is 0. The smallest absolute Gasteiger partial charge is 0.297 e. The van der Waals surface area contributed by atoms with Crippen molar-refractivity contribution >= 4 is 10.1 Å². The zero-order valence-electron chi connectivity index (χ0n) is 8.93. The van der Waals surface area contributed by atoms with E-state index in [0.717, 1.165) is 0 Å². The summed E-state index contributed by atoms with van der Waals surface area (Å²) in [6.07, 6.45) is 2.14. The fourth-order valence-electron chi connectivity index (χ4n) is 1.29. The fraction of sp³-hybridized carbons (Fsp3) is 0.273. The van der Waals surface area contributed by atoms with Crippen LogP contribution in [-0.4, -0.2) is 21.6 Å². The lowest BCUT2D eigenvalue weighted by Gasteiger charge is -2.08. The molecule has 0 amide bonds. The second-order valence-corrected chi connectivity index (χ2v) is 4.75. The van der Waals surface area contributed by atoms with E-state index in [9.17, 15) is 8.42 Å². The first kappa shape index (κ1) is 12.9. The third-order valence-corrected chi connectivity index (χ3v) is 3.38. The quantitative estimate of drug-likeness (QED) is 0.597. The van der Waals surface area contributed by atoms with Gasteiger partial charge in [0.05, 0.1) is 11.5 Å². The minimum atomic E-state index is -3.70. The van der Waals surface area contributed by atoms with Gasteiger partial charge in [0, 0.05) is 6.54 Å². The van der Waals surface area contributed by atoms with E-state index in [2.05, 4.69) is 6.58 Å². The Bertz CT molecular complexity index is 454. The van der Waals surface area contributed by atoms with E-state index in [0.29, 0.717) is 12.0 Å². The van der Waals surface area contributed by atoms with Crippen molar-refractivity contribution in [2.75, 3.05) is 13.2 Å². The Kier molecular flexibility index (Phi) is 4.67. The molecule has 0 bridgehead atoms. The zero-order chi connectivity index (χ0) is 12.0. The first-order valence-electron chi connectivity index (χ1n) is 4.90. The van der Waals surface area contributed by atoms with Crippen molar-refractivity contribution in [3.05, 3.63) is 42.5 Å². The van der Waals surface area contributed by atoms with E-state index >= 15 is 0 Å². The highest BCUT2D eigenvalue weighted by Crippen LogP contribution is 2.18. The largest absolute Gasteiger partial charge is 0.328 e. The number of rotatable bonds is 6. The van der Waals surface area contributed by atoms with E-state index in [1.54, 1.807) is 24.3 Å². The van der Waals surface area contributed by atoms with E-state index in [1.165, 1.54) is 6.07 Å². The topological polar surface area (TPSA) is 69.4 Å². The number of allylic oxidation sites excluding steroid dienone is 1. The van der Waals surface area contributed by atoms with Gasteiger partial charge in [-0.2, -0.15) is 8.42 Å². The molecule has 2 N–H and O–H groups in total. The van der Waals surface area contributed by atoms with Gasteiger partial charge < -0.3 is 5.73 Å². The molecule has 1 rings (SSSR count). The van der Waals surface area contributed by atoms with E-state index in [-0.39, 0.29) is 18.0 Å². The third-order valence-electron chi connectivity index (χ3n) is 1.96. The zero-order valence-corrected chi connectivity index (χ0v) is 9.74. The fourth-order valence-corrected chi connectivity index (χ4v) is 2.45. The van der Waals surface area contributed by atoms with Crippen molar-refractivity contribution in [2.45, 2.75) is 11.3 Å². The number of hydrogen-bond donors (Lipinski definition) is 1. The summed E-state index contributed by atoms with van der Waals surface area (Å²) in [6.45, 7) is 3.75. The summed E-state index contributed by atoms with van der Waals surface area (Å²) in [7, 11) is -3.70. The number of hydrogen-bond acceptors (Lipinski definition) is 4. The van der Waals surface area contributed by atoms with Gasteiger partial charge in [-0.25, -0.2) is 0 Å². The molecule has 0 aliphatic carbocycles. The van der Waals surface area contributed by atoms with Gasteiger partial charge in [0.2, 0.25) is 0 Å². The molecule has 4 nitrogen and oxygen atoms in total. The Morgan fingerprint density at radius 1 is 1.38 bits per heavy atom. The molecular formula is C11H15NO3S. The normalized spacial score (nSPS) is 11.3.